The largest absolute Gasteiger partial charge is 0.507 e. The Morgan fingerprint density at radius 1 is 1.04 bits per heavy atom. The van der Waals surface area contributed by atoms with E-state index in [9.17, 15) is 9.90 Å². The summed E-state index contributed by atoms with van der Waals surface area (Å²) in [7, 11) is 1.56. The lowest BCUT2D eigenvalue weighted by Crippen LogP contribution is -1.93. The van der Waals surface area contributed by atoms with Gasteiger partial charge in [0.25, 0.3) is 5.91 Å². The average Bonchev–Trinajstić information content (AvgIpc) is 2.63. The van der Waals surface area contributed by atoms with E-state index in [0.717, 1.165) is 5.39 Å². The summed E-state index contributed by atoms with van der Waals surface area (Å²) in [6.07, 6.45) is 0. The highest BCUT2D eigenvalue weighted by Crippen LogP contribution is 2.35. The van der Waals surface area contributed by atoms with Gasteiger partial charge in [0.2, 0.25) is 0 Å². The Bertz CT molecular complexity index is 931. The lowest BCUT2D eigenvalue weighted by atomic mass is 10.0. The summed E-state index contributed by atoms with van der Waals surface area (Å²) in [5, 5.41) is 19.5. The third-order valence-corrected chi connectivity index (χ3v) is 3.77. The Morgan fingerprint density at radius 2 is 1.71 bits per heavy atom. The number of methoxy groups -OCH3 is 1. The van der Waals surface area contributed by atoms with E-state index < -0.39 is 5.91 Å². The highest BCUT2D eigenvalue weighted by molar-refractivity contribution is 5.98. The van der Waals surface area contributed by atoms with Crippen molar-refractivity contribution in [3.05, 3.63) is 65.7 Å². The number of nitrogens with zero attached hydrogens (tertiary/aromatic N) is 2. The molecule has 0 unspecified atom stereocenters. The maximum atomic E-state index is 12.2. The number of amides is 1. The van der Waals surface area contributed by atoms with Crippen molar-refractivity contribution >= 4 is 22.4 Å². The van der Waals surface area contributed by atoms with E-state index >= 15 is 0 Å². The van der Waals surface area contributed by atoms with Crippen LogP contribution in [0.3, 0.4) is 0 Å². The summed E-state index contributed by atoms with van der Waals surface area (Å²) >= 11 is 0. The van der Waals surface area contributed by atoms with Crippen LogP contribution < -0.4 is 4.74 Å². The van der Waals surface area contributed by atoms with Crippen molar-refractivity contribution in [3.8, 4) is 11.5 Å². The number of carbonyl (C=O) groups is 1. The fraction of sp³-hybridized carbons (Fsp3) is 0.105. The third-order valence-electron chi connectivity index (χ3n) is 3.77. The molecule has 0 aliphatic rings. The molecule has 0 heterocycles. The van der Waals surface area contributed by atoms with Gasteiger partial charge in [-0.15, -0.1) is 10.2 Å². The van der Waals surface area contributed by atoms with E-state index in [1.165, 1.54) is 0 Å². The topological polar surface area (TPSA) is 71.2 Å². The van der Waals surface area contributed by atoms with E-state index in [4.69, 9.17) is 4.74 Å². The third kappa shape index (κ3) is 2.96. The fourth-order valence-electron chi connectivity index (χ4n) is 2.45. The number of azo groups is 1. The molecular formula is C19H16N2O3. The molecule has 3 rings (SSSR count). The lowest BCUT2D eigenvalue weighted by Gasteiger charge is -2.06. The number of hydrogen-bond donors (Lipinski definition) is 1. The number of phenols is 1. The molecule has 0 bridgehead atoms. The van der Waals surface area contributed by atoms with Crippen LogP contribution in [-0.4, -0.2) is 18.1 Å². The maximum absolute atomic E-state index is 12.2. The monoisotopic (exact) mass is 320 g/mol. The summed E-state index contributed by atoms with van der Waals surface area (Å²) in [5.74, 6) is 0.446. The molecule has 0 fully saturated rings. The van der Waals surface area contributed by atoms with Gasteiger partial charge < -0.3 is 9.84 Å². The van der Waals surface area contributed by atoms with Gasteiger partial charge in [-0.3, -0.25) is 4.79 Å². The number of aromatic hydroxyl groups is 1. The second-order valence-electron chi connectivity index (χ2n) is 5.34. The molecule has 0 aromatic heterocycles. The molecule has 5 heteroatoms. The minimum atomic E-state index is -0.438. The fourth-order valence-corrected chi connectivity index (χ4v) is 2.45. The van der Waals surface area contributed by atoms with Gasteiger partial charge in [0, 0.05) is 16.3 Å². The van der Waals surface area contributed by atoms with E-state index in [1.807, 2.05) is 24.3 Å². The predicted octanol–water partition coefficient (Wildman–Crippen LogP) is 4.79. The van der Waals surface area contributed by atoms with Crippen molar-refractivity contribution in [1.82, 2.24) is 0 Å². The molecule has 0 atom stereocenters. The first-order valence-corrected chi connectivity index (χ1v) is 7.41. The van der Waals surface area contributed by atoms with Gasteiger partial charge in [-0.2, -0.15) is 0 Å². The summed E-state index contributed by atoms with van der Waals surface area (Å²) in [5.41, 5.74) is 1.65. The quantitative estimate of drug-likeness (QED) is 0.705. The number of fused-ring (bicyclic) bond motifs is 1. The normalized spacial score (nSPS) is 11.1. The summed E-state index contributed by atoms with van der Waals surface area (Å²) < 4.78 is 5.06. The van der Waals surface area contributed by atoms with Crippen molar-refractivity contribution < 1.29 is 14.6 Å². The van der Waals surface area contributed by atoms with Crippen molar-refractivity contribution in [2.45, 2.75) is 6.92 Å². The molecule has 5 nitrogen and oxygen atoms in total. The van der Waals surface area contributed by atoms with Crippen LogP contribution in [0.1, 0.15) is 15.9 Å². The number of carbonyl (C=O) groups excluding carboxylic acids is 1. The first kappa shape index (κ1) is 15.7. The van der Waals surface area contributed by atoms with Crippen molar-refractivity contribution in [3.63, 3.8) is 0 Å². The molecule has 1 amide bonds. The van der Waals surface area contributed by atoms with Crippen LogP contribution in [-0.2, 0) is 0 Å². The SMILES string of the molecule is COc1ccc(C(=O)N=Nc2cc(C)c(O)c3ccccc23)cc1. The number of ether oxygens (including phenoxy) is 1. The van der Waals surface area contributed by atoms with Gasteiger partial charge >= 0.3 is 0 Å². The summed E-state index contributed by atoms with van der Waals surface area (Å²) in [4.78, 5) is 12.2. The minimum absolute atomic E-state index is 0.214. The highest BCUT2D eigenvalue weighted by Gasteiger charge is 2.09. The zero-order chi connectivity index (χ0) is 17.1. The second-order valence-corrected chi connectivity index (χ2v) is 5.34. The number of aryl methyl sites for hydroxylation is 1. The van der Waals surface area contributed by atoms with Gasteiger partial charge in [-0.1, -0.05) is 24.3 Å². The predicted molar refractivity (Wildman–Crippen MR) is 92.2 cm³/mol. The molecule has 120 valence electrons. The van der Waals surface area contributed by atoms with Gasteiger partial charge in [0.05, 0.1) is 12.8 Å². The Labute approximate surface area is 139 Å². The number of rotatable bonds is 3. The Hall–Kier alpha value is -3.21. The molecule has 1 N–H and O–H groups in total. The standard InChI is InChI=1S/C19H16N2O3/c1-12-11-17(15-5-3-4-6-16(15)18(12)22)20-21-19(23)13-7-9-14(24-2)10-8-13/h3-11,22H,1-2H3. The van der Waals surface area contributed by atoms with Crippen LogP contribution in [0, 0.1) is 6.92 Å². The molecule has 0 aliphatic heterocycles. The molecule has 0 saturated heterocycles. The molecule has 24 heavy (non-hydrogen) atoms. The van der Waals surface area contributed by atoms with Crippen molar-refractivity contribution in [2.24, 2.45) is 10.2 Å². The van der Waals surface area contributed by atoms with Gasteiger partial charge in [0.1, 0.15) is 11.5 Å². The Morgan fingerprint density at radius 3 is 2.38 bits per heavy atom. The van der Waals surface area contributed by atoms with Crippen LogP contribution in [0.5, 0.6) is 11.5 Å². The highest BCUT2D eigenvalue weighted by atomic mass is 16.5. The van der Waals surface area contributed by atoms with Crippen LogP contribution in [0.2, 0.25) is 0 Å². The maximum Gasteiger partial charge on any atom is 0.295 e. The number of phenolic OH excluding ortho intramolecular Hbond substituents is 1. The van der Waals surface area contributed by atoms with Crippen LogP contribution >= 0.6 is 0 Å². The minimum Gasteiger partial charge on any atom is -0.507 e. The van der Waals surface area contributed by atoms with E-state index in [-0.39, 0.29) is 5.75 Å². The van der Waals surface area contributed by atoms with Crippen LogP contribution in [0.4, 0.5) is 5.69 Å². The second kappa shape index (κ2) is 6.50. The van der Waals surface area contributed by atoms with Gasteiger partial charge in [0.15, 0.2) is 0 Å². The first-order valence-electron chi connectivity index (χ1n) is 7.41. The zero-order valence-electron chi connectivity index (χ0n) is 13.4. The Balaban J connectivity index is 1.95. The zero-order valence-corrected chi connectivity index (χ0v) is 13.4. The molecule has 3 aromatic rings. The smallest absolute Gasteiger partial charge is 0.295 e. The molecule has 0 spiro atoms. The van der Waals surface area contributed by atoms with E-state index in [2.05, 4.69) is 10.2 Å². The lowest BCUT2D eigenvalue weighted by molar-refractivity contribution is 0.0995. The number of benzene rings is 3. The molecule has 0 radical (unpaired) electrons. The van der Waals surface area contributed by atoms with Crippen LogP contribution in [0.15, 0.2) is 64.8 Å². The Kier molecular flexibility index (Phi) is 4.24. The van der Waals surface area contributed by atoms with Crippen molar-refractivity contribution in [1.29, 1.82) is 0 Å². The average molecular weight is 320 g/mol. The summed E-state index contributed by atoms with van der Waals surface area (Å²) in [6, 6.07) is 15.7. The van der Waals surface area contributed by atoms with E-state index in [0.29, 0.717) is 28.0 Å². The first-order chi connectivity index (χ1) is 11.6. The van der Waals surface area contributed by atoms with Gasteiger partial charge in [-0.25, -0.2) is 0 Å². The van der Waals surface area contributed by atoms with E-state index in [1.54, 1.807) is 44.4 Å². The summed E-state index contributed by atoms with van der Waals surface area (Å²) in [6.45, 7) is 1.78. The molecule has 0 saturated carbocycles. The van der Waals surface area contributed by atoms with Gasteiger partial charge in [-0.05, 0) is 42.8 Å². The van der Waals surface area contributed by atoms with Crippen molar-refractivity contribution in [2.75, 3.05) is 7.11 Å². The molecule has 3 aromatic carbocycles. The molecular weight excluding hydrogens is 304 g/mol. The van der Waals surface area contributed by atoms with Crippen LogP contribution in [0.25, 0.3) is 10.8 Å². The molecule has 0 aliphatic carbocycles. The number of hydrogen-bond acceptors (Lipinski definition) is 4.